The van der Waals surface area contributed by atoms with Gasteiger partial charge >= 0.3 is 0 Å². The molecule has 2 aliphatic rings. The lowest BCUT2D eigenvalue weighted by Gasteiger charge is -2.41. The Bertz CT molecular complexity index is 668. The monoisotopic (exact) mass is 312 g/mol. The zero-order valence-corrected chi connectivity index (χ0v) is 14.3. The van der Waals surface area contributed by atoms with E-state index >= 15 is 0 Å². The third-order valence-corrected chi connectivity index (χ3v) is 6.35. The van der Waals surface area contributed by atoms with E-state index in [0.717, 1.165) is 0 Å². The first-order chi connectivity index (χ1) is 10.7. The highest BCUT2D eigenvalue weighted by molar-refractivity contribution is 7.15. The van der Waals surface area contributed by atoms with Crippen molar-refractivity contribution in [2.45, 2.75) is 51.5 Å². The normalized spacial score (nSPS) is 19.2. The first-order valence-electron chi connectivity index (χ1n) is 8.52. The van der Waals surface area contributed by atoms with Crippen LogP contribution in [0.15, 0.2) is 24.4 Å². The second kappa shape index (κ2) is 5.78. The predicted octanol–water partition coefficient (Wildman–Crippen LogP) is 4.50. The van der Waals surface area contributed by atoms with E-state index < -0.39 is 0 Å². The fourth-order valence-corrected chi connectivity index (χ4v) is 4.58. The Morgan fingerprint density at radius 1 is 1.14 bits per heavy atom. The predicted molar refractivity (Wildman–Crippen MR) is 93.6 cm³/mol. The van der Waals surface area contributed by atoms with Gasteiger partial charge in [0.25, 0.3) is 0 Å². The Balaban J connectivity index is 1.52. The second-order valence-corrected chi connectivity index (χ2v) is 8.06. The Labute approximate surface area is 137 Å². The Morgan fingerprint density at radius 3 is 2.68 bits per heavy atom. The van der Waals surface area contributed by atoms with Gasteiger partial charge in [-0.2, -0.15) is 0 Å². The van der Waals surface area contributed by atoms with Crippen LogP contribution in [0.2, 0.25) is 0 Å². The number of likely N-dealkylation sites (tertiary alicyclic amines) is 1. The molecular formula is C19H24N2S. The van der Waals surface area contributed by atoms with Crippen LogP contribution in [-0.2, 0) is 12.8 Å². The van der Waals surface area contributed by atoms with Crippen LogP contribution < -0.4 is 0 Å². The maximum Gasteiger partial charge on any atom is 0.0987 e. The molecule has 116 valence electrons. The maximum absolute atomic E-state index is 4.71. The van der Waals surface area contributed by atoms with Crippen LogP contribution in [-0.4, -0.2) is 29.0 Å². The molecule has 4 rings (SSSR count). The van der Waals surface area contributed by atoms with Gasteiger partial charge in [0.2, 0.25) is 0 Å². The Kier molecular flexibility index (Phi) is 3.79. The van der Waals surface area contributed by atoms with Crippen LogP contribution in [0.4, 0.5) is 0 Å². The molecule has 1 aliphatic carbocycles. The van der Waals surface area contributed by atoms with E-state index in [1.54, 1.807) is 11.1 Å². The summed E-state index contributed by atoms with van der Waals surface area (Å²) in [5, 5.41) is 1.32. The SMILES string of the molecule is CC(C)N1CC(c2ncc(-c3ccc4c(c3)CCCC4)s2)C1. The molecule has 1 saturated heterocycles. The highest BCUT2D eigenvalue weighted by Gasteiger charge is 2.31. The highest BCUT2D eigenvalue weighted by Crippen LogP contribution is 2.36. The number of aromatic nitrogens is 1. The highest BCUT2D eigenvalue weighted by atomic mass is 32.1. The van der Waals surface area contributed by atoms with Gasteiger partial charge in [0.15, 0.2) is 0 Å². The molecule has 3 heteroatoms. The third kappa shape index (κ3) is 2.61. The van der Waals surface area contributed by atoms with Crippen molar-refractivity contribution in [2.24, 2.45) is 0 Å². The van der Waals surface area contributed by atoms with Crippen LogP contribution in [0.25, 0.3) is 10.4 Å². The zero-order chi connectivity index (χ0) is 15.1. The van der Waals surface area contributed by atoms with Crippen LogP contribution in [0.1, 0.15) is 48.7 Å². The molecule has 22 heavy (non-hydrogen) atoms. The molecule has 2 heterocycles. The molecular weight excluding hydrogens is 288 g/mol. The first kappa shape index (κ1) is 14.4. The van der Waals surface area contributed by atoms with Gasteiger partial charge < -0.3 is 0 Å². The Hall–Kier alpha value is -1.19. The summed E-state index contributed by atoms with van der Waals surface area (Å²) < 4.78 is 0. The summed E-state index contributed by atoms with van der Waals surface area (Å²) in [4.78, 5) is 8.57. The molecule has 1 fully saturated rings. The summed E-state index contributed by atoms with van der Waals surface area (Å²) in [6.07, 6.45) is 7.29. The third-order valence-electron chi connectivity index (χ3n) is 5.15. The summed E-state index contributed by atoms with van der Waals surface area (Å²) in [7, 11) is 0. The van der Waals surface area contributed by atoms with E-state index in [1.165, 1.54) is 54.2 Å². The average molecular weight is 312 g/mol. The van der Waals surface area contributed by atoms with Crippen molar-refractivity contribution < 1.29 is 0 Å². The van der Waals surface area contributed by atoms with E-state index in [0.29, 0.717) is 12.0 Å². The summed E-state index contributed by atoms with van der Waals surface area (Å²) in [6.45, 7) is 6.90. The fraction of sp³-hybridized carbons (Fsp3) is 0.526. The maximum atomic E-state index is 4.71. The van der Waals surface area contributed by atoms with Crippen LogP contribution in [0.3, 0.4) is 0 Å². The van der Waals surface area contributed by atoms with Gasteiger partial charge in [0, 0.05) is 31.2 Å². The summed E-state index contributed by atoms with van der Waals surface area (Å²) in [5.41, 5.74) is 4.49. The topological polar surface area (TPSA) is 16.1 Å². The summed E-state index contributed by atoms with van der Waals surface area (Å²) in [5.74, 6) is 0.652. The molecule has 1 aromatic carbocycles. The number of hydrogen-bond acceptors (Lipinski definition) is 3. The first-order valence-corrected chi connectivity index (χ1v) is 9.34. The number of aryl methyl sites for hydroxylation is 2. The van der Waals surface area contributed by atoms with E-state index in [-0.39, 0.29) is 0 Å². The van der Waals surface area contributed by atoms with Crippen LogP contribution in [0.5, 0.6) is 0 Å². The number of thiazole rings is 1. The lowest BCUT2D eigenvalue weighted by Crippen LogP contribution is -2.48. The van der Waals surface area contributed by atoms with E-state index in [4.69, 9.17) is 4.98 Å². The van der Waals surface area contributed by atoms with Crippen molar-refractivity contribution in [1.82, 2.24) is 9.88 Å². The van der Waals surface area contributed by atoms with Gasteiger partial charge in [-0.05, 0) is 56.2 Å². The zero-order valence-electron chi connectivity index (χ0n) is 13.5. The van der Waals surface area contributed by atoms with Crippen molar-refractivity contribution in [3.8, 4) is 10.4 Å². The number of rotatable bonds is 3. The Morgan fingerprint density at radius 2 is 1.91 bits per heavy atom. The van der Waals surface area contributed by atoms with Crippen molar-refractivity contribution in [3.63, 3.8) is 0 Å². The number of hydrogen-bond donors (Lipinski definition) is 0. The molecule has 0 spiro atoms. The molecule has 0 saturated carbocycles. The summed E-state index contributed by atoms with van der Waals surface area (Å²) in [6, 6.07) is 7.71. The molecule has 0 radical (unpaired) electrons. The number of benzene rings is 1. The van der Waals surface area contributed by atoms with Crippen LogP contribution in [0, 0.1) is 0 Å². The quantitative estimate of drug-likeness (QED) is 0.830. The smallest absolute Gasteiger partial charge is 0.0987 e. The van der Waals surface area contributed by atoms with Gasteiger partial charge in [0.1, 0.15) is 0 Å². The van der Waals surface area contributed by atoms with Crippen molar-refractivity contribution >= 4 is 11.3 Å². The minimum Gasteiger partial charge on any atom is -0.299 e. The number of fused-ring (bicyclic) bond motifs is 1. The van der Waals surface area contributed by atoms with Crippen molar-refractivity contribution in [3.05, 3.63) is 40.5 Å². The lowest BCUT2D eigenvalue weighted by atomic mass is 9.90. The molecule has 0 N–H and O–H groups in total. The van der Waals surface area contributed by atoms with E-state index in [2.05, 4.69) is 43.1 Å². The van der Waals surface area contributed by atoms with Gasteiger partial charge in [-0.3, -0.25) is 4.90 Å². The van der Waals surface area contributed by atoms with Crippen molar-refractivity contribution in [2.75, 3.05) is 13.1 Å². The molecule has 0 unspecified atom stereocenters. The molecule has 1 aromatic heterocycles. The molecule has 1 aliphatic heterocycles. The minimum absolute atomic E-state index is 0.652. The van der Waals surface area contributed by atoms with E-state index in [1.807, 2.05) is 11.3 Å². The van der Waals surface area contributed by atoms with Gasteiger partial charge in [-0.25, -0.2) is 4.98 Å². The average Bonchev–Trinajstić information content (AvgIpc) is 2.94. The van der Waals surface area contributed by atoms with E-state index in [9.17, 15) is 0 Å². The fourth-order valence-electron chi connectivity index (χ4n) is 3.59. The second-order valence-electron chi connectivity index (χ2n) is 7.00. The number of nitrogens with zero attached hydrogens (tertiary/aromatic N) is 2. The molecule has 0 amide bonds. The van der Waals surface area contributed by atoms with Gasteiger partial charge in [-0.1, -0.05) is 18.2 Å². The molecule has 0 atom stereocenters. The molecule has 2 aromatic rings. The summed E-state index contributed by atoms with van der Waals surface area (Å²) >= 11 is 1.90. The van der Waals surface area contributed by atoms with Crippen LogP contribution >= 0.6 is 11.3 Å². The molecule has 2 nitrogen and oxygen atoms in total. The largest absolute Gasteiger partial charge is 0.299 e. The lowest BCUT2D eigenvalue weighted by molar-refractivity contribution is 0.110. The van der Waals surface area contributed by atoms with Crippen molar-refractivity contribution in [1.29, 1.82) is 0 Å². The standard InChI is InChI=1S/C19H24N2S/c1-13(2)21-11-17(12-21)19-20-10-18(22-19)16-8-7-14-5-3-4-6-15(14)9-16/h7-10,13,17H,3-6,11-12H2,1-2H3. The molecule has 0 bridgehead atoms. The van der Waals surface area contributed by atoms with Gasteiger partial charge in [-0.15, -0.1) is 11.3 Å². The van der Waals surface area contributed by atoms with Gasteiger partial charge in [0.05, 0.1) is 9.88 Å². The minimum atomic E-state index is 0.652.